The first-order chi connectivity index (χ1) is 12.8. The first kappa shape index (κ1) is 19.6. The molecule has 140 valence electrons. The first-order valence-corrected chi connectivity index (χ1v) is 9.75. The van der Waals surface area contributed by atoms with Gasteiger partial charge in [0.15, 0.2) is 0 Å². The van der Waals surface area contributed by atoms with E-state index in [0.717, 1.165) is 15.6 Å². The predicted molar refractivity (Wildman–Crippen MR) is 108 cm³/mol. The van der Waals surface area contributed by atoms with E-state index in [4.69, 9.17) is 27.9 Å². The van der Waals surface area contributed by atoms with Gasteiger partial charge in [-0.15, -0.1) is 11.3 Å². The monoisotopic (exact) mass is 421 g/mol. The molecule has 3 rings (SSSR count). The van der Waals surface area contributed by atoms with Crippen molar-refractivity contribution in [2.75, 3.05) is 0 Å². The molecule has 2 aromatic heterocycles. The van der Waals surface area contributed by atoms with E-state index in [1.165, 1.54) is 0 Å². The molecule has 0 aliphatic rings. The summed E-state index contributed by atoms with van der Waals surface area (Å²) in [4.78, 5) is 22.4. The third-order valence-electron chi connectivity index (χ3n) is 3.80. The number of carbonyl (C=O) groups excluding carboxylic acids is 1. The molecule has 0 aliphatic heterocycles. The molecule has 0 unspecified atom stereocenters. The molecule has 0 saturated carbocycles. The van der Waals surface area contributed by atoms with Crippen molar-refractivity contribution in [2.24, 2.45) is 0 Å². The third-order valence-corrected chi connectivity index (χ3v) is 5.58. The van der Waals surface area contributed by atoms with Gasteiger partial charge < -0.3 is 10.1 Å². The Morgan fingerprint density at radius 1 is 1.26 bits per heavy atom. The summed E-state index contributed by atoms with van der Waals surface area (Å²) in [5, 5.41) is 4.77. The summed E-state index contributed by atoms with van der Waals surface area (Å²) >= 11 is 13.6. The van der Waals surface area contributed by atoms with Crippen LogP contribution in [0.2, 0.25) is 10.0 Å². The van der Waals surface area contributed by atoms with Crippen LogP contribution in [0, 0.1) is 13.8 Å². The summed E-state index contributed by atoms with van der Waals surface area (Å²) in [5.74, 6) is 0.251. The Labute approximate surface area is 171 Å². The number of ether oxygens (including phenoxy) is 1. The van der Waals surface area contributed by atoms with Gasteiger partial charge in [0.2, 0.25) is 5.88 Å². The van der Waals surface area contributed by atoms with Gasteiger partial charge in [-0.1, -0.05) is 23.2 Å². The van der Waals surface area contributed by atoms with Crippen LogP contribution in [0.1, 0.15) is 38.9 Å². The molecular formula is C19H17Cl2N3O2S. The number of amides is 1. The number of hydrogen-bond acceptors (Lipinski definition) is 5. The molecule has 3 aromatic rings. The second-order valence-electron chi connectivity index (χ2n) is 5.91. The van der Waals surface area contributed by atoms with Crippen LogP contribution in [0.5, 0.6) is 11.6 Å². The number of hydrogen-bond donors (Lipinski definition) is 1. The Bertz CT molecular complexity index is 991. The zero-order chi connectivity index (χ0) is 19.6. The molecule has 1 atom stereocenters. The SMILES string of the molecule is Cc1nc(C)c([C@H](C)NC(=O)c2cccnc2Oc2ccc(Cl)cc2Cl)s1. The van der Waals surface area contributed by atoms with Gasteiger partial charge in [0, 0.05) is 16.1 Å². The van der Waals surface area contributed by atoms with Gasteiger partial charge in [-0.2, -0.15) is 0 Å². The zero-order valence-electron chi connectivity index (χ0n) is 14.9. The summed E-state index contributed by atoms with van der Waals surface area (Å²) in [6.45, 7) is 5.80. The molecule has 0 saturated heterocycles. The Morgan fingerprint density at radius 3 is 2.70 bits per heavy atom. The normalized spacial score (nSPS) is 11.9. The lowest BCUT2D eigenvalue weighted by atomic mass is 10.2. The number of thiazole rings is 1. The van der Waals surface area contributed by atoms with E-state index in [9.17, 15) is 4.79 Å². The van der Waals surface area contributed by atoms with Crippen LogP contribution in [0.15, 0.2) is 36.5 Å². The molecule has 1 aromatic carbocycles. The van der Waals surface area contributed by atoms with Crippen LogP contribution in [-0.2, 0) is 0 Å². The lowest BCUT2D eigenvalue weighted by Gasteiger charge is -2.15. The lowest BCUT2D eigenvalue weighted by molar-refractivity contribution is 0.0937. The fourth-order valence-electron chi connectivity index (χ4n) is 2.60. The topological polar surface area (TPSA) is 64.1 Å². The van der Waals surface area contributed by atoms with Crippen LogP contribution in [0.4, 0.5) is 0 Å². The number of nitrogens with one attached hydrogen (secondary N) is 1. The van der Waals surface area contributed by atoms with E-state index in [-0.39, 0.29) is 17.8 Å². The van der Waals surface area contributed by atoms with Crippen molar-refractivity contribution in [1.82, 2.24) is 15.3 Å². The molecule has 5 nitrogen and oxygen atoms in total. The third kappa shape index (κ3) is 4.58. The van der Waals surface area contributed by atoms with Gasteiger partial charge in [-0.3, -0.25) is 4.79 Å². The van der Waals surface area contributed by atoms with Crippen LogP contribution in [0.3, 0.4) is 0 Å². The Kier molecular flexibility index (Phi) is 5.99. The average Bonchev–Trinajstić information content (AvgIpc) is 2.96. The number of aryl methyl sites for hydroxylation is 2. The standard InChI is InChI=1S/C19H17Cl2N3O2S/c1-10-17(27-12(3)23-10)11(2)24-18(25)14-5-4-8-22-19(14)26-16-7-6-13(20)9-15(16)21/h4-9,11H,1-3H3,(H,24,25)/t11-/m0/s1. The van der Waals surface area contributed by atoms with Crippen LogP contribution in [-0.4, -0.2) is 15.9 Å². The number of pyridine rings is 1. The summed E-state index contributed by atoms with van der Waals surface area (Å²) in [7, 11) is 0. The number of rotatable bonds is 5. The van der Waals surface area contributed by atoms with E-state index >= 15 is 0 Å². The number of benzene rings is 1. The molecule has 8 heteroatoms. The molecule has 1 amide bonds. The van der Waals surface area contributed by atoms with Gasteiger partial charge in [0.05, 0.1) is 21.8 Å². The second-order valence-corrected chi connectivity index (χ2v) is 7.99. The average molecular weight is 422 g/mol. The molecule has 0 aliphatic carbocycles. The van der Waals surface area contributed by atoms with Crippen molar-refractivity contribution in [2.45, 2.75) is 26.8 Å². The van der Waals surface area contributed by atoms with Gasteiger partial charge in [0.25, 0.3) is 5.91 Å². The molecule has 0 bridgehead atoms. The Balaban J connectivity index is 1.82. The highest BCUT2D eigenvalue weighted by Gasteiger charge is 2.20. The largest absolute Gasteiger partial charge is 0.437 e. The summed E-state index contributed by atoms with van der Waals surface area (Å²) in [6, 6.07) is 8.00. The summed E-state index contributed by atoms with van der Waals surface area (Å²) in [5.41, 5.74) is 1.23. The molecule has 0 radical (unpaired) electrons. The number of halogens is 2. The minimum absolute atomic E-state index is 0.170. The fourth-order valence-corrected chi connectivity index (χ4v) is 3.97. The van der Waals surface area contributed by atoms with E-state index < -0.39 is 0 Å². The van der Waals surface area contributed by atoms with Gasteiger partial charge in [-0.05, 0) is 51.1 Å². The molecule has 1 N–H and O–H groups in total. The highest BCUT2D eigenvalue weighted by atomic mass is 35.5. The zero-order valence-corrected chi connectivity index (χ0v) is 17.2. The van der Waals surface area contributed by atoms with E-state index in [0.29, 0.717) is 21.4 Å². The maximum absolute atomic E-state index is 12.8. The van der Waals surface area contributed by atoms with Crippen LogP contribution < -0.4 is 10.1 Å². The smallest absolute Gasteiger partial charge is 0.257 e. The van der Waals surface area contributed by atoms with Gasteiger partial charge >= 0.3 is 0 Å². The molecule has 0 fully saturated rings. The van der Waals surface area contributed by atoms with Crippen molar-refractivity contribution >= 4 is 40.4 Å². The number of carbonyl (C=O) groups is 1. The maximum Gasteiger partial charge on any atom is 0.257 e. The van der Waals surface area contributed by atoms with Crippen molar-refractivity contribution in [3.63, 3.8) is 0 Å². The fraction of sp³-hybridized carbons (Fsp3) is 0.211. The lowest BCUT2D eigenvalue weighted by Crippen LogP contribution is -2.27. The van der Waals surface area contributed by atoms with E-state index in [1.54, 1.807) is 47.9 Å². The van der Waals surface area contributed by atoms with E-state index in [1.807, 2.05) is 20.8 Å². The minimum atomic E-state index is -0.291. The van der Waals surface area contributed by atoms with Crippen molar-refractivity contribution in [3.05, 3.63) is 67.7 Å². The Hall–Kier alpha value is -2.15. The van der Waals surface area contributed by atoms with Crippen molar-refractivity contribution in [1.29, 1.82) is 0 Å². The maximum atomic E-state index is 12.8. The van der Waals surface area contributed by atoms with Crippen LogP contribution in [0.25, 0.3) is 0 Å². The molecule has 27 heavy (non-hydrogen) atoms. The number of nitrogens with zero attached hydrogens (tertiary/aromatic N) is 2. The number of aromatic nitrogens is 2. The second kappa shape index (κ2) is 8.25. The first-order valence-electron chi connectivity index (χ1n) is 8.18. The quantitative estimate of drug-likeness (QED) is 0.569. The summed E-state index contributed by atoms with van der Waals surface area (Å²) in [6.07, 6.45) is 1.55. The molecular weight excluding hydrogens is 405 g/mol. The Morgan fingerprint density at radius 2 is 2.04 bits per heavy atom. The van der Waals surface area contributed by atoms with Crippen LogP contribution >= 0.6 is 34.5 Å². The highest BCUT2D eigenvalue weighted by molar-refractivity contribution is 7.11. The van der Waals surface area contributed by atoms with Crippen molar-refractivity contribution in [3.8, 4) is 11.6 Å². The molecule has 0 spiro atoms. The highest BCUT2D eigenvalue weighted by Crippen LogP contribution is 2.32. The van der Waals surface area contributed by atoms with Gasteiger partial charge in [0.1, 0.15) is 11.3 Å². The van der Waals surface area contributed by atoms with E-state index in [2.05, 4.69) is 15.3 Å². The summed E-state index contributed by atoms with van der Waals surface area (Å²) < 4.78 is 5.76. The minimum Gasteiger partial charge on any atom is -0.437 e. The predicted octanol–water partition coefficient (Wildman–Crippen LogP) is 5.75. The van der Waals surface area contributed by atoms with Gasteiger partial charge in [-0.25, -0.2) is 9.97 Å². The van der Waals surface area contributed by atoms with Crippen molar-refractivity contribution < 1.29 is 9.53 Å². The molecule has 2 heterocycles.